The summed E-state index contributed by atoms with van der Waals surface area (Å²) in [7, 11) is 0. The molecule has 1 aromatic carbocycles. The summed E-state index contributed by atoms with van der Waals surface area (Å²) in [5, 5.41) is 11.7. The Morgan fingerprint density at radius 3 is 2.47 bits per heavy atom. The molecule has 1 aliphatic carbocycles. The lowest BCUT2D eigenvalue weighted by atomic mass is 9.91. The zero-order chi connectivity index (χ0) is 13.1. The van der Waals surface area contributed by atoms with E-state index in [1.165, 1.54) is 25.7 Å². The van der Waals surface area contributed by atoms with Crippen molar-refractivity contribution >= 4 is 10.9 Å². The molecule has 19 heavy (non-hydrogen) atoms. The molecule has 3 rings (SSSR count). The summed E-state index contributed by atoms with van der Waals surface area (Å²) in [5.41, 5.74) is 1.82. The number of hydrogen-bond acceptors (Lipinski definition) is 2. The highest BCUT2D eigenvalue weighted by atomic mass is 16.3. The molecule has 0 radical (unpaired) electrons. The lowest BCUT2D eigenvalue weighted by molar-refractivity contribution is 0.0951. The minimum atomic E-state index is -0.400. The highest BCUT2D eigenvalue weighted by Gasteiger charge is 2.23. The molecule has 1 heterocycles. The Morgan fingerprint density at radius 1 is 0.947 bits per heavy atom. The number of rotatable bonds is 2. The van der Waals surface area contributed by atoms with Crippen molar-refractivity contribution in [3.63, 3.8) is 0 Å². The van der Waals surface area contributed by atoms with Crippen molar-refractivity contribution in [2.75, 3.05) is 0 Å². The van der Waals surface area contributed by atoms with Crippen molar-refractivity contribution < 1.29 is 5.11 Å². The molecule has 1 unspecified atom stereocenters. The first-order valence-corrected chi connectivity index (χ1v) is 7.38. The molecule has 1 aromatic heterocycles. The Bertz CT molecular complexity index is 544. The average Bonchev–Trinajstić information content (AvgIpc) is 2.75. The van der Waals surface area contributed by atoms with Gasteiger partial charge < -0.3 is 5.11 Å². The minimum absolute atomic E-state index is 0.385. The van der Waals surface area contributed by atoms with Crippen LogP contribution in [-0.2, 0) is 0 Å². The van der Waals surface area contributed by atoms with Crippen LogP contribution >= 0.6 is 0 Å². The molecule has 2 nitrogen and oxygen atoms in total. The lowest BCUT2D eigenvalue weighted by Crippen LogP contribution is -2.13. The first-order valence-electron chi connectivity index (χ1n) is 7.38. The number of aromatic nitrogens is 1. The third-order valence-electron chi connectivity index (χ3n) is 4.27. The van der Waals surface area contributed by atoms with Gasteiger partial charge in [0.2, 0.25) is 0 Å². The molecule has 0 bridgehead atoms. The SMILES string of the molecule is OC(c1ccc2ccccc2n1)C1CCCCCC1. The Balaban J connectivity index is 1.85. The van der Waals surface area contributed by atoms with Crippen LogP contribution in [0.5, 0.6) is 0 Å². The molecular weight excluding hydrogens is 234 g/mol. The van der Waals surface area contributed by atoms with Crippen LogP contribution in [0.4, 0.5) is 0 Å². The van der Waals surface area contributed by atoms with Crippen molar-refractivity contribution in [3.8, 4) is 0 Å². The maximum Gasteiger partial charge on any atom is 0.0988 e. The third kappa shape index (κ3) is 2.79. The van der Waals surface area contributed by atoms with Crippen LogP contribution in [0.3, 0.4) is 0 Å². The average molecular weight is 255 g/mol. The number of para-hydroxylation sites is 1. The normalized spacial score (nSPS) is 19.2. The maximum atomic E-state index is 10.6. The van der Waals surface area contributed by atoms with Crippen LogP contribution in [0, 0.1) is 5.92 Å². The zero-order valence-corrected chi connectivity index (χ0v) is 11.3. The molecule has 100 valence electrons. The highest BCUT2D eigenvalue weighted by Crippen LogP contribution is 2.33. The van der Waals surface area contributed by atoms with Gasteiger partial charge in [-0.15, -0.1) is 0 Å². The summed E-state index contributed by atoms with van der Waals surface area (Å²) < 4.78 is 0. The van der Waals surface area contributed by atoms with Gasteiger partial charge in [0.1, 0.15) is 0 Å². The summed E-state index contributed by atoms with van der Waals surface area (Å²) >= 11 is 0. The van der Waals surface area contributed by atoms with E-state index in [0.29, 0.717) is 5.92 Å². The van der Waals surface area contributed by atoms with E-state index in [-0.39, 0.29) is 0 Å². The molecule has 0 spiro atoms. The first kappa shape index (κ1) is 12.6. The second-order valence-electron chi connectivity index (χ2n) is 5.63. The molecule has 0 amide bonds. The molecule has 1 saturated carbocycles. The summed E-state index contributed by atoms with van der Waals surface area (Å²) in [6.07, 6.45) is 6.99. The highest BCUT2D eigenvalue weighted by molar-refractivity contribution is 5.78. The van der Waals surface area contributed by atoms with Gasteiger partial charge in [-0.1, -0.05) is 49.9 Å². The van der Waals surface area contributed by atoms with E-state index in [0.717, 1.165) is 29.4 Å². The van der Waals surface area contributed by atoms with Crippen molar-refractivity contribution in [1.82, 2.24) is 4.98 Å². The van der Waals surface area contributed by atoms with Crippen LogP contribution in [0.15, 0.2) is 36.4 Å². The van der Waals surface area contributed by atoms with Crippen LogP contribution < -0.4 is 0 Å². The predicted octanol–water partition coefficient (Wildman–Crippen LogP) is 4.24. The molecule has 0 aliphatic heterocycles. The Labute approximate surface area is 114 Å². The summed E-state index contributed by atoms with van der Waals surface area (Å²) in [5.74, 6) is 0.385. The van der Waals surface area contributed by atoms with E-state index in [9.17, 15) is 5.11 Å². The molecule has 1 N–H and O–H groups in total. The fourth-order valence-corrected chi connectivity index (χ4v) is 3.11. The Morgan fingerprint density at radius 2 is 1.68 bits per heavy atom. The minimum Gasteiger partial charge on any atom is -0.387 e. The zero-order valence-electron chi connectivity index (χ0n) is 11.3. The number of nitrogens with zero attached hydrogens (tertiary/aromatic N) is 1. The standard InChI is InChI=1S/C17H21NO/c19-17(14-8-3-1-2-4-9-14)16-12-11-13-7-5-6-10-15(13)18-16/h5-7,10-12,14,17,19H,1-4,8-9H2. The third-order valence-corrected chi connectivity index (χ3v) is 4.27. The van der Waals surface area contributed by atoms with Crippen molar-refractivity contribution in [3.05, 3.63) is 42.1 Å². The van der Waals surface area contributed by atoms with Crippen LogP contribution in [0.2, 0.25) is 0 Å². The van der Waals surface area contributed by atoms with Gasteiger partial charge >= 0.3 is 0 Å². The molecule has 0 saturated heterocycles. The number of aliphatic hydroxyl groups is 1. The number of pyridine rings is 1. The largest absolute Gasteiger partial charge is 0.387 e. The maximum absolute atomic E-state index is 10.6. The van der Waals surface area contributed by atoms with E-state index >= 15 is 0 Å². The van der Waals surface area contributed by atoms with Crippen LogP contribution in [-0.4, -0.2) is 10.1 Å². The summed E-state index contributed by atoms with van der Waals surface area (Å²) in [6.45, 7) is 0. The van der Waals surface area contributed by atoms with Crippen LogP contribution in [0.25, 0.3) is 10.9 Å². The second kappa shape index (κ2) is 5.70. The van der Waals surface area contributed by atoms with Crippen molar-refractivity contribution in [2.24, 2.45) is 5.92 Å². The van der Waals surface area contributed by atoms with Gasteiger partial charge in [-0.25, -0.2) is 0 Å². The fourth-order valence-electron chi connectivity index (χ4n) is 3.11. The van der Waals surface area contributed by atoms with E-state index < -0.39 is 6.10 Å². The van der Waals surface area contributed by atoms with Gasteiger partial charge in [0, 0.05) is 5.39 Å². The van der Waals surface area contributed by atoms with Gasteiger partial charge in [0.15, 0.2) is 0 Å². The van der Waals surface area contributed by atoms with E-state index in [1.54, 1.807) is 0 Å². The molecule has 2 heteroatoms. The molecular formula is C17H21NO. The second-order valence-corrected chi connectivity index (χ2v) is 5.63. The Hall–Kier alpha value is -1.41. The number of hydrogen-bond donors (Lipinski definition) is 1. The van der Waals surface area contributed by atoms with Gasteiger partial charge in [-0.2, -0.15) is 0 Å². The summed E-state index contributed by atoms with van der Waals surface area (Å²) in [6, 6.07) is 12.1. The van der Waals surface area contributed by atoms with E-state index in [2.05, 4.69) is 17.1 Å². The van der Waals surface area contributed by atoms with Crippen LogP contribution in [0.1, 0.15) is 50.3 Å². The van der Waals surface area contributed by atoms with Gasteiger partial charge in [0.25, 0.3) is 0 Å². The smallest absolute Gasteiger partial charge is 0.0988 e. The lowest BCUT2D eigenvalue weighted by Gasteiger charge is -2.21. The van der Waals surface area contributed by atoms with Gasteiger partial charge in [-0.05, 0) is 30.9 Å². The molecule has 1 fully saturated rings. The van der Waals surface area contributed by atoms with Gasteiger partial charge in [-0.3, -0.25) is 4.98 Å². The van der Waals surface area contributed by atoms with Crippen molar-refractivity contribution in [2.45, 2.75) is 44.6 Å². The number of aliphatic hydroxyl groups excluding tert-OH is 1. The fraction of sp³-hybridized carbons (Fsp3) is 0.471. The number of benzene rings is 1. The van der Waals surface area contributed by atoms with Crippen molar-refractivity contribution in [1.29, 1.82) is 0 Å². The van der Waals surface area contributed by atoms with E-state index in [4.69, 9.17) is 0 Å². The van der Waals surface area contributed by atoms with E-state index in [1.807, 2.05) is 24.3 Å². The molecule has 1 atom stereocenters. The molecule has 2 aromatic rings. The number of fused-ring (bicyclic) bond motifs is 1. The van der Waals surface area contributed by atoms with Gasteiger partial charge in [0.05, 0.1) is 17.3 Å². The molecule has 1 aliphatic rings. The summed E-state index contributed by atoms with van der Waals surface area (Å²) in [4.78, 5) is 4.63. The topological polar surface area (TPSA) is 33.1 Å². The monoisotopic (exact) mass is 255 g/mol. The Kier molecular flexibility index (Phi) is 3.79. The predicted molar refractivity (Wildman–Crippen MR) is 77.9 cm³/mol. The quantitative estimate of drug-likeness (QED) is 0.814. The first-order chi connectivity index (χ1) is 9.34.